The Morgan fingerprint density at radius 3 is 1.89 bits per heavy atom. The lowest BCUT2D eigenvalue weighted by atomic mass is 9.87. The summed E-state index contributed by atoms with van der Waals surface area (Å²) in [5.74, 6) is 2.45. The van der Waals surface area contributed by atoms with Crippen LogP contribution in [0, 0.1) is 11.3 Å². The van der Waals surface area contributed by atoms with Crippen LogP contribution >= 0.6 is 0 Å². The number of nitrogens with two attached hydrogens (primary N) is 1. The van der Waals surface area contributed by atoms with Crippen LogP contribution in [0.25, 0.3) is 0 Å². The number of hydrogen-bond acceptors (Lipinski definition) is 7. The monoisotopic (exact) mass is 757 g/mol. The number of likely N-dealkylation sites (tertiary alicyclic amines) is 1. The van der Waals surface area contributed by atoms with Crippen molar-refractivity contribution in [1.29, 1.82) is 0 Å². The number of hydroxylamine groups is 2. The van der Waals surface area contributed by atoms with Crippen LogP contribution in [0.3, 0.4) is 0 Å². The lowest BCUT2D eigenvalue weighted by molar-refractivity contribution is -0.0928. The van der Waals surface area contributed by atoms with E-state index in [1.165, 1.54) is 49.7 Å². The van der Waals surface area contributed by atoms with Crippen LogP contribution in [0.15, 0.2) is 78.9 Å². The summed E-state index contributed by atoms with van der Waals surface area (Å²) in [4.78, 5) is 43.7. The molecule has 1 unspecified atom stereocenters. The fourth-order valence-electron chi connectivity index (χ4n) is 6.90. The van der Waals surface area contributed by atoms with Crippen molar-refractivity contribution in [3.8, 4) is 17.2 Å². The molecule has 2 N–H and O–H groups in total. The second kappa shape index (κ2) is 22.6. The molecule has 1 atom stereocenters. The Labute approximate surface area is 328 Å². The molecule has 4 rings (SSSR count). The standard InChI is InChI=1S/C45H63N3O7/c1-35(33-36-20-22-37(23-21-36)34-45(2,3)4)17-13-10-8-6-5-7-9-11-16-30-48(55-42(46)49)44(51)54-41-28-31-47(32-29-41)43(50)53-40-26-24-39(25-27-40)52-38-18-14-12-15-19-38/h12,14-15,18-27,35,41H,5-11,13,16-17,28-34H2,1-4H3,(H2,46,49). The Balaban J connectivity index is 1.02. The molecule has 0 radical (unpaired) electrons. The van der Waals surface area contributed by atoms with Gasteiger partial charge in [0.15, 0.2) is 0 Å². The van der Waals surface area contributed by atoms with E-state index in [0.717, 1.165) is 37.2 Å². The van der Waals surface area contributed by atoms with Gasteiger partial charge in [0, 0.05) is 25.9 Å². The van der Waals surface area contributed by atoms with Gasteiger partial charge in [-0.05, 0) is 78.1 Å². The van der Waals surface area contributed by atoms with E-state index < -0.39 is 24.4 Å². The van der Waals surface area contributed by atoms with E-state index in [0.29, 0.717) is 60.9 Å². The summed E-state index contributed by atoms with van der Waals surface area (Å²) in [6, 6.07) is 25.5. The highest BCUT2D eigenvalue weighted by atomic mass is 16.8. The number of ether oxygens (including phenoxy) is 3. The molecular weight excluding hydrogens is 695 g/mol. The maximum Gasteiger partial charge on any atom is 0.443 e. The molecule has 0 aliphatic carbocycles. The number of primary amides is 1. The molecule has 10 heteroatoms. The number of unbranched alkanes of at least 4 members (excludes halogenated alkanes) is 8. The van der Waals surface area contributed by atoms with Crippen molar-refractivity contribution >= 4 is 18.3 Å². The molecule has 1 fully saturated rings. The zero-order chi connectivity index (χ0) is 39.5. The molecule has 0 bridgehead atoms. The number of amides is 3. The van der Waals surface area contributed by atoms with Crippen molar-refractivity contribution in [2.75, 3.05) is 19.6 Å². The molecule has 0 spiro atoms. The number of carbonyl (C=O) groups excluding carboxylic acids is 3. The molecule has 10 nitrogen and oxygen atoms in total. The largest absolute Gasteiger partial charge is 0.457 e. The van der Waals surface area contributed by atoms with Crippen molar-refractivity contribution in [3.63, 3.8) is 0 Å². The van der Waals surface area contributed by atoms with Crippen LogP contribution in [0.5, 0.6) is 17.2 Å². The predicted molar refractivity (Wildman–Crippen MR) is 216 cm³/mol. The number of hydrogen-bond donors (Lipinski definition) is 1. The van der Waals surface area contributed by atoms with Gasteiger partial charge in [0.2, 0.25) is 0 Å². The van der Waals surface area contributed by atoms with Crippen molar-refractivity contribution in [3.05, 3.63) is 90.0 Å². The third kappa shape index (κ3) is 17.1. The zero-order valence-electron chi connectivity index (χ0n) is 33.5. The molecule has 55 heavy (non-hydrogen) atoms. The molecule has 3 amide bonds. The molecular formula is C45H63N3O7. The summed E-state index contributed by atoms with van der Waals surface area (Å²) in [5, 5.41) is 0.914. The van der Waals surface area contributed by atoms with Gasteiger partial charge in [-0.25, -0.2) is 14.4 Å². The van der Waals surface area contributed by atoms with Crippen LogP contribution in [0.1, 0.15) is 116 Å². The highest BCUT2D eigenvalue weighted by Crippen LogP contribution is 2.25. The highest BCUT2D eigenvalue weighted by molar-refractivity contribution is 5.72. The van der Waals surface area contributed by atoms with E-state index in [4.69, 9.17) is 24.8 Å². The molecule has 1 aliphatic heterocycles. The van der Waals surface area contributed by atoms with Gasteiger partial charge in [-0.1, -0.05) is 128 Å². The molecule has 1 saturated heterocycles. The van der Waals surface area contributed by atoms with Gasteiger partial charge in [0.05, 0.1) is 6.54 Å². The topological polar surface area (TPSA) is 121 Å². The van der Waals surface area contributed by atoms with E-state index in [1.807, 2.05) is 30.3 Å². The Kier molecular flexibility index (Phi) is 17.7. The van der Waals surface area contributed by atoms with Gasteiger partial charge in [0.25, 0.3) is 0 Å². The third-order valence-corrected chi connectivity index (χ3v) is 9.78. The van der Waals surface area contributed by atoms with Gasteiger partial charge in [-0.15, -0.1) is 5.06 Å². The summed E-state index contributed by atoms with van der Waals surface area (Å²) >= 11 is 0. The number of piperidine rings is 1. The molecule has 0 saturated carbocycles. The highest BCUT2D eigenvalue weighted by Gasteiger charge is 2.29. The van der Waals surface area contributed by atoms with Crippen LogP contribution in [0.2, 0.25) is 0 Å². The zero-order valence-corrected chi connectivity index (χ0v) is 33.5. The second-order valence-electron chi connectivity index (χ2n) is 16.2. The Bertz CT molecular complexity index is 1570. The summed E-state index contributed by atoms with van der Waals surface area (Å²) in [6.45, 7) is 10.1. The third-order valence-electron chi connectivity index (χ3n) is 9.78. The molecule has 3 aromatic carbocycles. The SMILES string of the molecule is CC(CCCCCCCCCCCN(OC(N)=O)C(=O)OC1CCN(C(=O)Oc2ccc(Oc3ccccc3)cc2)CC1)Cc1ccc(CC(C)(C)C)cc1. The van der Waals surface area contributed by atoms with Crippen molar-refractivity contribution in [2.24, 2.45) is 17.1 Å². The average Bonchev–Trinajstić information content (AvgIpc) is 3.15. The van der Waals surface area contributed by atoms with Gasteiger partial charge in [0.1, 0.15) is 23.4 Å². The fraction of sp³-hybridized carbons (Fsp3) is 0.533. The van der Waals surface area contributed by atoms with Crippen molar-refractivity contribution in [2.45, 2.75) is 124 Å². The van der Waals surface area contributed by atoms with E-state index in [9.17, 15) is 14.4 Å². The minimum absolute atomic E-state index is 0.210. The predicted octanol–water partition coefficient (Wildman–Crippen LogP) is 11.3. The van der Waals surface area contributed by atoms with Crippen LogP contribution < -0.4 is 15.2 Å². The number of para-hydroxylation sites is 1. The lowest BCUT2D eigenvalue weighted by Gasteiger charge is -2.31. The summed E-state index contributed by atoms with van der Waals surface area (Å²) in [6.07, 6.45) is 11.7. The van der Waals surface area contributed by atoms with Gasteiger partial charge >= 0.3 is 18.3 Å². The van der Waals surface area contributed by atoms with E-state index in [-0.39, 0.29) is 6.54 Å². The molecule has 0 aromatic heterocycles. The smallest absolute Gasteiger partial charge is 0.443 e. The lowest BCUT2D eigenvalue weighted by Crippen LogP contribution is -2.44. The number of rotatable bonds is 19. The Morgan fingerprint density at radius 2 is 1.29 bits per heavy atom. The molecule has 300 valence electrons. The van der Waals surface area contributed by atoms with Gasteiger partial charge in [-0.2, -0.15) is 0 Å². The van der Waals surface area contributed by atoms with Crippen molar-refractivity contribution < 1.29 is 33.4 Å². The summed E-state index contributed by atoms with van der Waals surface area (Å²) < 4.78 is 17.0. The van der Waals surface area contributed by atoms with E-state index in [2.05, 4.69) is 52.0 Å². The van der Waals surface area contributed by atoms with Crippen molar-refractivity contribution in [1.82, 2.24) is 9.96 Å². The molecule has 1 aliphatic rings. The fourth-order valence-corrected chi connectivity index (χ4v) is 6.90. The maximum absolute atomic E-state index is 12.9. The van der Waals surface area contributed by atoms with Gasteiger partial charge < -0.3 is 29.7 Å². The first-order valence-electron chi connectivity index (χ1n) is 20.3. The number of nitrogens with zero attached hydrogens (tertiary/aromatic N) is 2. The van der Waals surface area contributed by atoms with Crippen LogP contribution in [-0.2, 0) is 22.4 Å². The molecule has 1 heterocycles. The average molecular weight is 758 g/mol. The quantitative estimate of drug-likeness (QED) is 0.0954. The second-order valence-corrected chi connectivity index (χ2v) is 16.2. The van der Waals surface area contributed by atoms with E-state index in [1.54, 1.807) is 29.2 Å². The molecule has 3 aromatic rings. The number of benzene rings is 3. The Hall–Kier alpha value is -4.73. The first kappa shape index (κ1) is 43.0. The minimum Gasteiger partial charge on any atom is -0.457 e. The maximum atomic E-state index is 12.9. The van der Waals surface area contributed by atoms with Gasteiger partial charge in [-0.3, -0.25) is 0 Å². The van der Waals surface area contributed by atoms with Crippen LogP contribution in [0.4, 0.5) is 14.4 Å². The number of carbonyl (C=O) groups is 3. The van der Waals surface area contributed by atoms with Crippen LogP contribution in [-0.4, -0.2) is 54.0 Å². The minimum atomic E-state index is -1.06. The summed E-state index contributed by atoms with van der Waals surface area (Å²) in [7, 11) is 0. The van der Waals surface area contributed by atoms with E-state index >= 15 is 0 Å². The first-order valence-corrected chi connectivity index (χ1v) is 20.3. The Morgan fingerprint density at radius 1 is 0.745 bits per heavy atom. The summed E-state index contributed by atoms with van der Waals surface area (Å²) in [5.41, 5.74) is 8.42. The normalized spacial score (nSPS) is 13.9. The first-order chi connectivity index (χ1) is 26.4.